The zero-order valence-corrected chi connectivity index (χ0v) is 15.2. The Morgan fingerprint density at radius 2 is 1.88 bits per heavy atom. The third-order valence-corrected chi connectivity index (χ3v) is 4.48. The predicted molar refractivity (Wildman–Crippen MR) is 101 cm³/mol. The van der Waals surface area contributed by atoms with Crippen LogP contribution < -0.4 is 15.4 Å². The van der Waals surface area contributed by atoms with Gasteiger partial charge in [-0.1, -0.05) is 30.3 Å². The van der Waals surface area contributed by atoms with Crippen LogP contribution in [0.4, 0.5) is 4.79 Å². The first kappa shape index (κ1) is 18.3. The Labute approximate surface area is 154 Å². The molecule has 1 aliphatic rings. The smallest absolute Gasteiger partial charge is 0.315 e. The quantitative estimate of drug-likeness (QED) is 0.716. The van der Waals surface area contributed by atoms with Gasteiger partial charge in [0.1, 0.15) is 12.4 Å². The molecule has 0 bridgehead atoms. The van der Waals surface area contributed by atoms with Gasteiger partial charge in [0.05, 0.1) is 13.2 Å². The second kappa shape index (κ2) is 9.25. The van der Waals surface area contributed by atoms with Crippen molar-refractivity contribution >= 4 is 6.03 Å². The van der Waals surface area contributed by atoms with Crippen LogP contribution in [-0.2, 0) is 30.7 Å². The van der Waals surface area contributed by atoms with Crippen LogP contribution in [0.2, 0.25) is 0 Å². The van der Waals surface area contributed by atoms with Crippen LogP contribution in [0, 0.1) is 0 Å². The molecule has 5 nitrogen and oxygen atoms in total. The highest BCUT2D eigenvalue weighted by Gasteiger charge is 2.11. The fourth-order valence-corrected chi connectivity index (χ4v) is 3.21. The Kier molecular flexibility index (Phi) is 6.50. The van der Waals surface area contributed by atoms with Crippen LogP contribution in [0.1, 0.15) is 28.7 Å². The number of ether oxygens (including phenoxy) is 2. The molecular weight excluding hydrogens is 328 g/mol. The second-order valence-electron chi connectivity index (χ2n) is 6.49. The van der Waals surface area contributed by atoms with E-state index in [1.54, 1.807) is 7.11 Å². The highest BCUT2D eigenvalue weighted by Crippen LogP contribution is 2.25. The summed E-state index contributed by atoms with van der Waals surface area (Å²) in [7, 11) is 1.67. The number of carbonyl (C=O) groups is 1. The summed E-state index contributed by atoms with van der Waals surface area (Å²) in [6.45, 7) is 1.97. The van der Waals surface area contributed by atoms with Crippen molar-refractivity contribution in [2.45, 2.75) is 32.4 Å². The maximum atomic E-state index is 11.9. The Hall–Kier alpha value is -2.53. The molecule has 0 fully saturated rings. The molecule has 0 spiro atoms. The average Bonchev–Trinajstić information content (AvgIpc) is 3.12. The molecule has 0 atom stereocenters. The molecule has 1 aliphatic carbocycles. The summed E-state index contributed by atoms with van der Waals surface area (Å²) in [6.07, 6.45) is 3.54. The molecule has 3 rings (SSSR count). The van der Waals surface area contributed by atoms with E-state index in [4.69, 9.17) is 9.47 Å². The topological polar surface area (TPSA) is 59.6 Å². The lowest BCUT2D eigenvalue weighted by molar-refractivity contribution is 0.185. The van der Waals surface area contributed by atoms with Crippen molar-refractivity contribution in [2.24, 2.45) is 0 Å². The lowest BCUT2D eigenvalue weighted by atomic mass is 10.1. The van der Waals surface area contributed by atoms with Crippen molar-refractivity contribution in [3.8, 4) is 5.75 Å². The van der Waals surface area contributed by atoms with Crippen molar-refractivity contribution in [2.75, 3.05) is 20.3 Å². The number of carbonyl (C=O) groups excluding carboxylic acids is 1. The van der Waals surface area contributed by atoms with Gasteiger partial charge in [0, 0.05) is 13.7 Å². The lowest BCUT2D eigenvalue weighted by Crippen LogP contribution is -2.37. The zero-order chi connectivity index (χ0) is 18.2. The summed E-state index contributed by atoms with van der Waals surface area (Å²) in [5, 5.41) is 5.67. The normalized spacial score (nSPS) is 12.5. The first-order valence-electron chi connectivity index (χ1n) is 9.07. The molecule has 2 N–H and O–H groups in total. The molecule has 138 valence electrons. The molecule has 5 heteroatoms. The van der Waals surface area contributed by atoms with Gasteiger partial charge in [-0.3, -0.25) is 0 Å². The Balaban J connectivity index is 1.35. The molecule has 0 radical (unpaired) electrons. The van der Waals surface area contributed by atoms with E-state index in [1.165, 1.54) is 24.0 Å². The van der Waals surface area contributed by atoms with E-state index in [0.717, 1.165) is 23.3 Å². The Bertz CT molecular complexity index is 746. The number of hydrogen-bond donors (Lipinski definition) is 2. The van der Waals surface area contributed by atoms with Gasteiger partial charge in [-0.2, -0.15) is 0 Å². The third kappa shape index (κ3) is 5.23. The summed E-state index contributed by atoms with van der Waals surface area (Å²) in [4.78, 5) is 11.9. The lowest BCUT2D eigenvalue weighted by Gasteiger charge is -2.10. The maximum Gasteiger partial charge on any atom is 0.315 e. The number of nitrogens with one attached hydrogen (secondary N) is 2. The van der Waals surface area contributed by atoms with Crippen molar-refractivity contribution in [1.82, 2.24) is 10.6 Å². The van der Waals surface area contributed by atoms with Gasteiger partial charge in [-0.25, -0.2) is 4.79 Å². The molecule has 2 aromatic rings. The van der Waals surface area contributed by atoms with Crippen LogP contribution in [0.25, 0.3) is 0 Å². The summed E-state index contributed by atoms with van der Waals surface area (Å²) in [6, 6.07) is 14.1. The molecule has 0 aromatic heterocycles. The van der Waals surface area contributed by atoms with E-state index in [9.17, 15) is 4.79 Å². The van der Waals surface area contributed by atoms with E-state index in [0.29, 0.717) is 26.3 Å². The van der Waals surface area contributed by atoms with E-state index in [-0.39, 0.29) is 6.03 Å². The van der Waals surface area contributed by atoms with E-state index in [1.807, 2.05) is 30.3 Å². The van der Waals surface area contributed by atoms with Gasteiger partial charge in [0.15, 0.2) is 0 Å². The highest BCUT2D eigenvalue weighted by molar-refractivity contribution is 5.73. The number of amides is 2. The predicted octanol–water partition coefficient (Wildman–Crippen LogP) is 3.20. The summed E-state index contributed by atoms with van der Waals surface area (Å²) < 4.78 is 10.9. The fourth-order valence-electron chi connectivity index (χ4n) is 3.21. The van der Waals surface area contributed by atoms with E-state index < -0.39 is 0 Å². The Morgan fingerprint density at radius 1 is 1.04 bits per heavy atom. The van der Waals surface area contributed by atoms with Crippen LogP contribution in [0.15, 0.2) is 42.5 Å². The number of hydrogen-bond acceptors (Lipinski definition) is 3. The minimum absolute atomic E-state index is 0.195. The van der Waals surface area contributed by atoms with Crippen LogP contribution >= 0.6 is 0 Å². The summed E-state index contributed by atoms with van der Waals surface area (Å²) >= 11 is 0. The van der Waals surface area contributed by atoms with Crippen molar-refractivity contribution in [3.63, 3.8) is 0 Å². The van der Waals surface area contributed by atoms with Crippen molar-refractivity contribution in [3.05, 3.63) is 64.7 Å². The van der Waals surface area contributed by atoms with Gasteiger partial charge >= 0.3 is 6.03 Å². The molecule has 2 amide bonds. The van der Waals surface area contributed by atoms with Gasteiger partial charge in [-0.15, -0.1) is 0 Å². The number of urea groups is 1. The molecule has 0 aliphatic heterocycles. The minimum atomic E-state index is -0.195. The first-order valence-corrected chi connectivity index (χ1v) is 9.07. The van der Waals surface area contributed by atoms with Gasteiger partial charge in [0.2, 0.25) is 0 Å². The molecule has 2 aromatic carbocycles. The molecule has 0 saturated carbocycles. The minimum Gasteiger partial charge on any atom is -0.492 e. The van der Waals surface area contributed by atoms with Crippen LogP contribution in [0.3, 0.4) is 0 Å². The maximum absolute atomic E-state index is 11.9. The first-order chi connectivity index (χ1) is 12.7. The molecular formula is C21H26N2O3. The summed E-state index contributed by atoms with van der Waals surface area (Å²) in [5.74, 6) is 0.878. The second-order valence-corrected chi connectivity index (χ2v) is 6.49. The van der Waals surface area contributed by atoms with Crippen LogP contribution in [-0.4, -0.2) is 26.3 Å². The third-order valence-electron chi connectivity index (χ3n) is 4.48. The molecule has 0 saturated heterocycles. The monoisotopic (exact) mass is 354 g/mol. The van der Waals surface area contributed by atoms with E-state index >= 15 is 0 Å². The number of methoxy groups -OCH3 is 1. The fraction of sp³-hybridized carbons (Fsp3) is 0.381. The van der Waals surface area contributed by atoms with Crippen LogP contribution in [0.5, 0.6) is 5.75 Å². The number of fused-ring (bicyclic) bond motifs is 1. The molecule has 0 heterocycles. The van der Waals surface area contributed by atoms with Gasteiger partial charge in [-0.05, 0) is 53.6 Å². The summed E-state index contributed by atoms with van der Waals surface area (Å²) in [5.41, 5.74) is 4.97. The van der Waals surface area contributed by atoms with Gasteiger partial charge in [0.25, 0.3) is 0 Å². The zero-order valence-electron chi connectivity index (χ0n) is 15.2. The number of aryl methyl sites for hydroxylation is 2. The molecule has 0 unspecified atom stereocenters. The standard InChI is InChI=1S/C21H26N2O3/c1-25-15-17-5-2-4-16(12-17)14-23-21(24)22-10-11-26-20-9-8-18-6-3-7-19(18)13-20/h2,4-5,8-9,12-13H,3,6-7,10-11,14-15H2,1H3,(H2,22,23,24). The number of rotatable bonds is 8. The number of benzene rings is 2. The average molecular weight is 354 g/mol. The Morgan fingerprint density at radius 3 is 2.77 bits per heavy atom. The van der Waals surface area contributed by atoms with E-state index in [2.05, 4.69) is 22.8 Å². The van der Waals surface area contributed by atoms with Crippen molar-refractivity contribution < 1.29 is 14.3 Å². The van der Waals surface area contributed by atoms with Crippen molar-refractivity contribution in [1.29, 1.82) is 0 Å². The SMILES string of the molecule is COCc1cccc(CNC(=O)NCCOc2ccc3c(c2)CCC3)c1. The molecule has 26 heavy (non-hydrogen) atoms. The van der Waals surface area contributed by atoms with Gasteiger partial charge < -0.3 is 20.1 Å². The largest absolute Gasteiger partial charge is 0.492 e. The highest BCUT2D eigenvalue weighted by atomic mass is 16.5.